The summed E-state index contributed by atoms with van der Waals surface area (Å²) < 4.78 is 1.89. The number of amides is 2. The number of primary amides is 1. The van der Waals surface area contributed by atoms with Crippen LogP contribution in [-0.4, -0.2) is 32.3 Å². The molecule has 0 fully saturated rings. The van der Waals surface area contributed by atoms with Crippen LogP contribution in [0.25, 0.3) is 0 Å². The van der Waals surface area contributed by atoms with E-state index in [4.69, 9.17) is 5.73 Å². The molecule has 0 bridgehead atoms. The fourth-order valence-corrected chi connectivity index (χ4v) is 4.33. The van der Waals surface area contributed by atoms with E-state index in [1.54, 1.807) is 22.8 Å². The van der Waals surface area contributed by atoms with Gasteiger partial charge in [-0.25, -0.2) is 0 Å². The lowest BCUT2D eigenvalue weighted by Crippen LogP contribution is -2.18. The van der Waals surface area contributed by atoms with Crippen molar-refractivity contribution in [3.05, 3.63) is 45.2 Å². The van der Waals surface area contributed by atoms with Crippen molar-refractivity contribution in [2.45, 2.75) is 11.6 Å². The molecule has 3 heterocycles. The van der Waals surface area contributed by atoms with E-state index in [0.717, 1.165) is 5.82 Å². The SMILES string of the molecule is Cn1c(Cc2cccs2)nnc1SCC(=O)Nc1sccc1C(N)=O. The molecule has 0 radical (unpaired) electrons. The molecule has 0 unspecified atom stereocenters. The van der Waals surface area contributed by atoms with Crippen LogP contribution in [0, 0.1) is 0 Å². The Bertz CT molecular complexity index is 885. The average molecular weight is 394 g/mol. The molecule has 0 aliphatic heterocycles. The Morgan fingerprint density at radius 3 is 2.84 bits per heavy atom. The molecule has 0 aliphatic carbocycles. The number of hydrogen-bond donors (Lipinski definition) is 2. The minimum absolute atomic E-state index is 0.168. The molecule has 0 aliphatic rings. The summed E-state index contributed by atoms with van der Waals surface area (Å²) in [5, 5.41) is 15.9. The first kappa shape index (κ1) is 17.6. The third kappa shape index (κ3) is 4.27. The van der Waals surface area contributed by atoms with Gasteiger partial charge in [0.2, 0.25) is 5.91 Å². The third-order valence-electron chi connectivity index (χ3n) is 3.35. The van der Waals surface area contributed by atoms with Gasteiger partial charge < -0.3 is 15.6 Å². The Labute approximate surface area is 156 Å². The molecule has 2 amide bonds. The van der Waals surface area contributed by atoms with E-state index in [9.17, 15) is 9.59 Å². The number of carbonyl (C=O) groups excluding carboxylic acids is 2. The Morgan fingerprint density at radius 1 is 1.28 bits per heavy atom. The topological polar surface area (TPSA) is 103 Å². The van der Waals surface area contributed by atoms with Crippen LogP contribution in [0.3, 0.4) is 0 Å². The Morgan fingerprint density at radius 2 is 2.12 bits per heavy atom. The number of nitrogens with zero attached hydrogens (tertiary/aromatic N) is 3. The highest BCUT2D eigenvalue weighted by atomic mass is 32.2. The molecule has 130 valence electrons. The zero-order valence-corrected chi connectivity index (χ0v) is 15.7. The van der Waals surface area contributed by atoms with Crippen molar-refractivity contribution >= 4 is 51.3 Å². The molecule has 25 heavy (non-hydrogen) atoms. The molecular weight excluding hydrogens is 378 g/mol. The lowest BCUT2D eigenvalue weighted by Gasteiger charge is -2.05. The van der Waals surface area contributed by atoms with Gasteiger partial charge in [0.15, 0.2) is 5.16 Å². The van der Waals surface area contributed by atoms with Gasteiger partial charge in [-0.3, -0.25) is 9.59 Å². The number of thiophene rings is 2. The number of thioether (sulfide) groups is 1. The summed E-state index contributed by atoms with van der Waals surface area (Å²) in [7, 11) is 1.88. The summed E-state index contributed by atoms with van der Waals surface area (Å²) >= 11 is 4.23. The number of hydrogen-bond acceptors (Lipinski definition) is 7. The van der Waals surface area contributed by atoms with Crippen molar-refractivity contribution in [1.29, 1.82) is 0 Å². The van der Waals surface area contributed by atoms with E-state index in [1.165, 1.54) is 28.0 Å². The van der Waals surface area contributed by atoms with Gasteiger partial charge in [-0.15, -0.1) is 32.9 Å². The van der Waals surface area contributed by atoms with Crippen LogP contribution in [0.5, 0.6) is 0 Å². The van der Waals surface area contributed by atoms with Gasteiger partial charge in [0, 0.05) is 18.3 Å². The van der Waals surface area contributed by atoms with Crippen LogP contribution < -0.4 is 11.1 Å². The van der Waals surface area contributed by atoms with Crippen molar-refractivity contribution in [3.8, 4) is 0 Å². The maximum absolute atomic E-state index is 12.1. The van der Waals surface area contributed by atoms with Crippen LogP contribution >= 0.6 is 34.4 Å². The molecule has 0 spiro atoms. The molecule has 7 nitrogen and oxygen atoms in total. The summed E-state index contributed by atoms with van der Waals surface area (Å²) in [6, 6.07) is 5.65. The minimum Gasteiger partial charge on any atom is -0.366 e. The lowest BCUT2D eigenvalue weighted by atomic mass is 10.3. The molecule has 0 saturated heterocycles. The first-order valence-corrected chi connectivity index (χ1v) is 9.99. The highest BCUT2D eigenvalue weighted by Crippen LogP contribution is 2.24. The maximum atomic E-state index is 12.1. The van der Waals surface area contributed by atoms with Gasteiger partial charge in [-0.2, -0.15) is 0 Å². The summed E-state index contributed by atoms with van der Waals surface area (Å²) in [5.41, 5.74) is 5.59. The Hall–Kier alpha value is -2.17. The van der Waals surface area contributed by atoms with Crippen molar-refractivity contribution < 1.29 is 9.59 Å². The number of carbonyl (C=O) groups is 2. The summed E-state index contributed by atoms with van der Waals surface area (Å²) in [5.74, 6) is 0.231. The second kappa shape index (κ2) is 7.81. The smallest absolute Gasteiger partial charge is 0.251 e. The van der Waals surface area contributed by atoms with Crippen LogP contribution in [0.2, 0.25) is 0 Å². The van der Waals surface area contributed by atoms with Gasteiger partial charge in [0.05, 0.1) is 11.3 Å². The lowest BCUT2D eigenvalue weighted by molar-refractivity contribution is -0.113. The monoisotopic (exact) mass is 393 g/mol. The molecule has 0 aromatic carbocycles. The van der Waals surface area contributed by atoms with Crippen molar-refractivity contribution in [2.24, 2.45) is 12.8 Å². The maximum Gasteiger partial charge on any atom is 0.251 e. The molecule has 0 atom stereocenters. The first-order chi connectivity index (χ1) is 12.0. The number of nitrogens with two attached hydrogens (primary N) is 1. The zero-order valence-electron chi connectivity index (χ0n) is 13.3. The van der Waals surface area contributed by atoms with E-state index in [0.29, 0.717) is 22.1 Å². The molecule has 3 N–H and O–H groups in total. The van der Waals surface area contributed by atoms with E-state index >= 15 is 0 Å². The van der Waals surface area contributed by atoms with E-state index < -0.39 is 5.91 Å². The van der Waals surface area contributed by atoms with Gasteiger partial charge >= 0.3 is 0 Å². The number of nitrogens with one attached hydrogen (secondary N) is 1. The van der Waals surface area contributed by atoms with E-state index in [2.05, 4.69) is 21.6 Å². The van der Waals surface area contributed by atoms with E-state index in [-0.39, 0.29) is 11.7 Å². The van der Waals surface area contributed by atoms with Crippen molar-refractivity contribution in [2.75, 3.05) is 11.1 Å². The van der Waals surface area contributed by atoms with E-state index in [1.807, 2.05) is 23.1 Å². The molecular formula is C15H15N5O2S3. The normalized spacial score (nSPS) is 10.8. The van der Waals surface area contributed by atoms with Crippen LogP contribution in [0.4, 0.5) is 5.00 Å². The quantitative estimate of drug-likeness (QED) is 0.600. The second-order valence-corrected chi connectivity index (χ2v) is 7.97. The minimum atomic E-state index is -0.560. The van der Waals surface area contributed by atoms with Crippen LogP contribution in [0.1, 0.15) is 21.1 Å². The van der Waals surface area contributed by atoms with Crippen LogP contribution in [-0.2, 0) is 18.3 Å². The van der Waals surface area contributed by atoms with Gasteiger partial charge in [-0.05, 0) is 22.9 Å². The molecule has 3 aromatic rings. The predicted octanol–water partition coefficient (Wildman–Crippen LogP) is 2.36. The first-order valence-electron chi connectivity index (χ1n) is 7.25. The summed E-state index contributed by atoms with van der Waals surface area (Å²) in [6.45, 7) is 0. The van der Waals surface area contributed by atoms with Crippen molar-refractivity contribution in [1.82, 2.24) is 14.8 Å². The van der Waals surface area contributed by atoms with Crippen molar-refractivity contribution in [3.63, 3.8) is 0 Å². The highest BCUT2D eigenvalue weighted by Gasteiger charge is 2.15. The predicted molar refractivity (Wildman–Crippen MR) is 100 cm³/mol. The molecule has 3 aromatic heterocycles. The third-order valence-corrected chi connectivity index (χ3v) is 6.08. The fourth-order valence-electron chi connectivity index (χ4n) is 2.09. The Kier molecular flexibility index (Phi) is 5.51. The number of aromatic nitrogens is 3. The second-order valence-electron chi connectivity index (χ2n) is 5.08. The number of anilines is 1. The largest absolute Gasteiger partial charge is 0.366 e. The standard InChI is InChI=1S/C15H15N5O2S3/c1-20-11(7-9-3-2-5-23-9)18-19-15(20)25-8-12(21)17-14-10(13(16)22)4-6-24-14/h2-6H,7-8H2,1H3,(H2,16,22)(H,17,21). The van der Waals surface area contributed by atoms with Gasteiger partial charge in [0.1, 0.15) is 10.8 Å². The highest BCUT2D eigenvalue weighted by molar-refractivity contribution is 7.99. The zero-order chi connectivity index (χ0) is 17.8. The molecule has 10 heteroatoms. The fraction of sp³-hybridized carbons (Fsp3) is 0.200. The Balaban J connectivity index is 1.58. The van der Waals surface area contributed by atoms with Crippen LogP contribution in [0.15, 0.2) is 34.1 Å². The summed E-state index contributed by atoms with van der Waals surface area (Å²) in [6.07, 6.45) is 0.713. The summed E-state index contributed by atoms with van der Waals surface area (Å²) in [4.78, 5) is 24.6. The van der Waals surface area contributed by atoms with Gasteiger partial charge in [-0.1, -0.05) is 17.8 Å². The molecule has 3 rings (SSSR count). The molecule has 0 saturated carbocycles. The average Bonchev–Trinajstić information content (AvgIpc) is 3.30. The van der Waals surface area contributed by atoms with Gasteiger partial charge in [0.25, 0.3) is 5.91 Å². The number of rotatable bonds is 7.